The molecule has 0 aliphatic heterocycles. The van der Waals surface area contributed by atoms with Gasteiger partial charge in [-0.1, -0.05) is 43.9 Å². The molecule has 3 heteroatoms. The molecule has 1 fully saturated rings. The van der Waals surface area contributed by atoms with E-state index in [1.165, 1.54) is 32.1 Å². The highest BCUT2D eigenvalue weighted by Gasteiger charge is 2.21. The molecular weight excluding hydrogens is 261 g/mol. The van der Waals surface area contributed by atoms with Crippen molar-refractivity contribution in [3.63, 3.8) is 0 Å². The Labute approximate surface area is 120 Å². The number of halogens is 2. The minimum atomic E-state index is -0.332. The molecule has 1 N–H and O–H groups in total. The molecule has 1 aromatic carbocycles. The summed E-state index contributed by atoms with van der Waals surface area (Å²) in [7, 11) is 0. The first-order valence-corrected chi connectivity index (χ1v) is 7.66. The topological polar surface area (TPSA) is 12.0 Å². The Morgan fingerprint density at radius 2 is 2.00 bits per heavy atom. The maximum absolute atomic E-state index is 13.5. The molecule has 0 radical (unpaired) electrons. The summed E-state index contributed by atoms with van der Waals surface area (Å²) >= 11 is 5.73. The third-order valence-electron chi connectivity index (χ3n) is 4.27. The number of benzene rings is 1. The molecule has 0 aromatic heterocycles. The maximum atomic E-state index is 13.5. The molecule has 1 saturated carbocycles. The molecule has 1 aliphatic carbocycles. The molecule has 0 spiro atoms. The second kappa shape index (κ2) is 6.71. The predicted octanol–water partition coefficient (Wildman–Crippen LogP) is 5.10. The second-order valence-corrected chi connectivity index (χ2v) is 6.19. The van der Waals surface area contributed by atoms with Gasteiger partial charge in [0.25, 0.3) is 0 Å². The zero-order valence-corrected chi connectivity index (χ0v) is 12.5. The van der Waals surface area contributed by atoms with Gasteiger partial charge in [0.1, 0.15) is 5.82 Å². The molecule has 0 bridgehead atoms. The number of hydrogen-bond donors (Lipinski definition) is 1. The third kappa shape index (κ3) is 3.93. The van der Waals surface area contributed by atoms with E-state index in [4.69, 9.17) is 11.6 Å². The minimum Gasteiger partial charge on any atom is -0.307 e. The lowest BCUT2D eigenvalue weighted by Crippen LogP contribution is -2.36. The van der Waals surface area contributed by atoms with Gasteiger partial charge >= 0.3 is 0 Å². The Kier molecular flexibility index (Phi) is 5.23. The Bertz CT molecular complexity index is 421. The van der Waals surface area contributed by atoms with Gasteiger partial charge in [-0.15, -0.1) is 0 Å². The van der Waals surface area contributed by atoms with E-state index in [0.29, 0.717) is 12.0 Å². The van der Waals surface area contributed by atoms with Crippen molar-refractivity contribution in [3.8, 4) is 0 Å². The quantitative estimate of drug-likeness (QED) is 0.761. The number of rotatable bonds is 3. The number of nitrogens with one attached hydrogen (secondary N) is 1. The summed E-state index contributed by atoms with van der Waals surface area (Å²) in [6.45, 7) is 4.42. The van der Waals surface area contributed by atoms with Crippen LogP contribution in [-0.2, 0) is 0 Å². The van der Waals surface area contributed by atoms with Crippen LogP contribution in [0.2, 0.25) is 5.02 Å². The first-order chi connectivity index (χ1) is 9.08. The zero-order chi connectivity index (χ0) is 13.8. The van der Waals surface area contributed by atoms with Crippen molar-refractivity contribution in [2.24, 2.45) is 5.92 Å². The average molecular weight is 284 g/mol. The van der Waals surface area contributed by atoms with Crippen LogP contribution in [0.4, 0.5) is 4.39 Å². The van der Waals surface area contributed by atoms with Crippen LogP contribution in [0.3, 0.4) is 0 Å². The minimum absolute atomic E-state index is 0.164. The molecular formula is C16H23ClFN. The lowest BCUT2D eigenvalue weighted by Gasteiger charge is -2.27. The first kappa shape index (κ1) is 14.8. The second-order valence-electron chi connectivity index (χ2n) is 5.78. The molecule has 3 unspecified atom stereocenters. The highest BCUT2D eigenvalue weighted by Crippen LogP contribution is 2.26. The summed E-state index contributed by atoms with van der Waals surface area (Å²) < 4.78 is 13.5. The molecule has 1 nitrogen and oxygen atoms in total. The van der Waals surface area contributed by atoms with E-state index < -0.39 is 0 Å². The van der Waals surface area contributed by atoms with Crippen molar-refractivity contribution in [2.75, 3.05) is 0 Å². The Balaban J connectivity index is 2.02. The smallest absolute Gasteiger partial charge is 0.142 e. The van der Waals surface area contributed by atoms with Crippen molar-refractivity contribution in [1.82, 2.24) is 5.32 Å². The summed E-state index contributed by atoms with van der Waals surface area (Å²) in [6.07, 6.45) is 6.49. The van der Waals surface area contributed by atoms with Gasteiger partial charge in [-0.25, -0.2) is 4.39 Å². The Morgan fingerprint density at radius 3 is 2.74 bits per heavy atom. The Hall–Kier alpha value is -0.600. The molecule has 106 valence electrons. The lowest BCUT2D eigenvalue weighted by atomic mass is 9.95. The van der Waals surface area contributed by atoms with Gasteiger partial charge in [0.05, 0.1) is 5.02 Å². The van der Waals surface area contributed by atoms with Crippen LogP contribution in [0.1, 0.15) is 57.6 Å². The third-order valence-corrected chi connectivity index (χ3v) is 4.58. The highest BCUT2D eigenvalue weighted by molar-refractivity contribution is 6.30. The van der Waals surface area contributed by atoms with Gasteiger partial charge < -0.3 is 5.32 Å². The van der Waals surface area contributed by atoms with Crippen LogP contribution in [0, 0.1) is 11.7 Å². The van der Waals surface area contributed by atoms with Gasteiger partial charge in [0, 0.05) is 12.1 Å². The monoisotopic (exact) mass is 283 g/mol. The van der Waals surface area contributed by atoms with Crippen LogP contribution in [0.15, 0.2) is 18.2 Å². The summed E-state index contributed by atoms with van der Waals surface area (Å²) in [5.41, 5.74) is 0.971. The summed E-state index contributed by atoms with van der Waals surface area (Å²) in [5.74, 6) is 0.365. The fraction of sp³-hybridized carbons (Fsp3) is 0.625. The van der Waals surface area contributed by atoms with Crippen molar-refractivity contribution in [2.45, 2.75) is 58.0 Å². The molecule has 1 aliphatic rings. The fourth-order valence-electron chi connectivity index (χ4n) is 2.94. The largest absolute Gasteiger partial charge is 0.307 e. The van der Waals surface area contributed by atoms with E-state index in [1.807, 2.05) is 6.07 Å². The molecule has 19 heavy (non-hydrogen) atoms. The Morgan fingerprint density at radius 1 is 1.26 bits per heavy atom. The predicted molar refractivity (Wildman–Crippen MR) is 79.0 cm³/mol. The van der Waals surface area contributed by atoms with Gasteiger partial charge in [-0.3, -0.25) is 0 Å². The SMILES string of the molecule is CC(NC1CCCCCC1C)c1ccc(Cl)c(F)c1. The van der Waals surface area contributed by atoms with Crippen molar-refractivity contribution in [1.29, 1.82) is 0 Å². The molecule has 0 saturated heterocycles. The van der Waals surface area contributed by atoms with E-state index in [1.54, 1.807) is 12.1 Å². The van der Waals surface area contributed by atoms with Crippen LogP contribution in [-0.4, -0.2) is 6.04 Å². The molecule has 0 heterocycles. The lowest BCUT2D eigenvalue weighted by molar-refractivity contribution is 0.330. The average Bonchev–Trinajstić information content (AvgIpc) is 2.58. The van der Waals surface area contributed by atoms with Gasteiger partial charge in [-0.05, 0) is 43.4 Å². The van der Waals surface area contributed by atoms with Gasteiger partial charge in [0.15, 0.2) is 0 Å². The van der Waals surface area contributed by atoms with Gasteiger partial charge in [-0.2, -0.15) is 0 Å². The van der Waals surface area contributed by atoms with E-state index in [-0.39, 0.29) is 16.9 Å². The van der Waals surface area contributed by atoms with Gasteiger partial charge in [0.2, 0.25) is 0 Å². The molecule has 3 atom stereocenters. The van der Waals surface area contributed by atoms with E-state index >= 15 is 0 Å². The summed E-state index contributed by atoms with van der Waals surface area (Å²) in [4.78, 5) is 0. The van der Waals surface area contributed by atoms with E-state index in [2.05, 4.69) is 19.2 Å². The van der Waals surface area contributed by atoms with Crippen LogP contribution in [0.25, 0.3) is 0 Å². The highest BCUT2D eigenvalue weighted by atomic mass is 35.5. The standard InChI is InChI=1S/C16H23ClFN/c1-11-6-4-3-5-7-16(11)19-12(2)13-8-9-14(17)15(18)10-13/h8-12,16,19H,3-7H2,1-2H3. The van der Waals surface area contributed by atoms with Crippen molar-refractivity contribution < 1.29 is 4.39 Å². The summed E-state index contributed by atoms with van der Waals surface area (Å²) in [5, 5.41) is 3.86. The fourth-order valence-corrected chi connectivity index (χ4v) is 3.06. The first-order valence-electron chi connectivity index (χ1n) is 7.29. The van der Waals surface area contributed by atoms with Crippen LogP contribution < -0.4 is 5.32 Å². The van der Waals surface area contributed by atoms with Crippen LogP contribution in [0.5, 0.6) is 0 Å². The number of hydrogen-bond acceptors (Lipinski definition) is 1. The molecule has 0 amide bonds. The molecule has 2 rings (SSSR count). The molecule has 1 aromatic rings. The van der Waals surface area contributed by atoms with Crippen molar-refractivity contribution in [3.05, 3.63) is 34.6 Å². The van der Waals surface area contributed by atoms with Crippen LogP contribution >= 0.6 is 11.6 Å². The maximum Gasteiger partial charge on any atom is 0.142 e. The van der Waals surface area contributed by atoms with E-state index in [0.717, 1.165) is 5.56 Å². The zero-order valence-electron chi connectivity index (χ0n) is 11.8. The summed E-state index contributed by atoms with van der Waals surface area (Å²) in [6, 6.07) is 5.79. The van der Waals surface area contributed by atoms with Crippen molar-refractivity contribution >= 4 is 11.6 Å². The normalized spacial score (nSPS) is 25.9. The van der Waals surface area contributed by atoms with E-state index in [9.17, 15) is 4.39 Å².